The highest BCUT2D eigenvalue weighted by Gasteiger charge is 2.37. The molecule has 254 valence electrons. The van der Waals surface area contributed by atoms with E-state index >= 15 is 0 Å². The van der Waals surface area contributed by atoms with Crippen molar-refractivity contribution in [1.29, 1.82) is 0 Å². The first-order chi connectivity index (χ1) is 26.0. The first-order valence-electron chi connectivity index (χ1n) is 18.3. The third-order valence-corrected chi connectivity index (χ3v) is 10.7. The van der Waals surface area contributed by atoms with Gasteiger partial charge in [0.05, 0.1) is 11.4 Å². The first-order valence-corrected chi connectivity index (χ1v) is 18.3. The maximum atomic E-state index is 3.59. The average molecular weight is 681 g/mol. The molecule has 0 amide bonds. The highest BCUT2D eigenvalue weighted by atomic mass is 15.2. The van der Waals surface area contributed by atoms with Crippen molar-refractivity contribution in [2.75, 3.05) is 10.2 Å². The summed E-state index contributed by atoms with van der Waals surface area (Å²) in [4.78, 5) is 2.46. The van der Waals surface area contributed by atoms with Crippen molar-refractivity contribution in [3.63, 3.8) is 0 Å². The topological polar surface area (TPSA) is 15.3 Å². The van der Waals surface area contributed by atoms with E-state index in [4.69, 9.17) is 0 Å². The van der Waals surface area contributed by atoms with Gasteiger partial charge in [-0.2, -0.15) is 0 Å². The minimum Gasteiger partial charge on any atom is -0.356 e. The fraction of sp³-hybridized carbons (Fsp3) is 0.0588. The van der Waals surface area contributed by atoms with E-state index in [0.717, 1.165) is 17.1 Å². The molecule has 0 radical (unpaired) electrons. The zero-order valence-corrected chi connectivity index (χ0v) is 30.0. The van der Waals surface area contributed by atoms with Crippen molar-refractivity contribution >= 4 is 28.4 Å². The maximum absolute atomic E-state index is 3.59. The monoisotopic (exact) mass is 680 g/mol. The lowest BCUT2D eigenvalue weighted by Gasteiger charge is -2.42. The molecule has 0 aliphatic carbocycles. The number of anilines is 5. The highest BCUT2D eigenvalue weighted by molar-refractivity contribution is 5.90. The third kappa shape index (κ3) is 6.19. The molecule has 2 heteroatoms. The molecule has 8 aromatic rings. The van der Waals surface area contributed by atoms with Gasteiger partial charge < -0.3 is 10.2 Å². The molecule has 53 heavy (non-hydrogen) atoms. The van der Waals surface area contributed by atoms with Gasteiger partial charge in [0.15, 0.2) is 0 Å². The predicted octanol–water partition coefficient (Wildman–Crippen LogP) is 14.2. The second-order valence-electron chi connectivity index (χ2n) is 14.3. The molecular formula is C51H40N2. The Kier molecular flexibility index (Phi) is 8.21. The van der Waals surface area contributed by atoms with Crippen molar-refractivity contribution in [2.24, 2.45) is 0 Å². The Balaban J connectivity index is 1.07. The minimum absolute atomic E-state index is 0.210. The number of hydrogen-bond donors (Lipinski definition) is 1. The summed E-state index contributed by atoms with van der Waals surface area (Å²) in [6.45, 7) is 4.73. The van der Waals surface area contributed by atoms with Crippen LogP contribution in [0, 0.1) is 0 Å². The lowest BCUT2D eigenvalue weighted by molar-refractivity contribution is 0.632. The smallest absolute Gasteiger partial charge is 0.0508 e. The number of benzene rings is 8. The minimum atomic E-state index is -0.210. The Labute approximate surface area is 312 Å². The molecule has 0 spiro atoms. The quantitative estimate of drug-likeness (QED) is 0.180. The molecule has 0 fully saturated rings. The molecule has 2 nitrogen and oxygen atoms in total. The van der Waals surface area contributed by atoms with E-state index in [-0.39, 0.29) is 5.41 Å². The van der Waals surface area contributed by atoms with Crippen molar-refractivity contribution < 1.29 is 0 Å². The van der Waals surface area contributed by atoms with Crippen LogP contribution in [0.15, 0.2) is 200 Å². The van der Waals surface area contributed by atoms with Gasteiger partial charge in [-0.3, -0.25) is 0 Å². The van der Waals surface area contributed by atoms with Crippen LogP contribution in [0.3, 0.4) is 0 Å². The fourth-order valence-electron chi connectivity index (χ4n) is 7.74. The molecule has 9 rings (SSSR count). The standard InChI is InChI=1S/C51H40N2/c1-51(2)47-32-24-43(41-20-28-45(29-21-41)52-44-26-18-39(19-27-44)36-12-6-3-7-13-36)35-50(47)53(46-30-22-40(23-31-46)37-14-8-4-9-15-37)49-33-25-42(34-48(49)51)38-16-10-5-11-17-38/h3-35,52H,1-2H3. The number of fused-ring (bicyclic) bond motifs is 2. The van der Waals surface area contributed by atoms with Crippen molar-refractivity contribution in [2.45, 2.75) is 19.3 Å². The van der Waals surface area contributed by atoms with Gasteiger partial charge in [-0.1, -0.05) is 159 Å². The average Bonchev–Trinajstić information content (AvgIpc) is 3.22. The van der Waals surface area contributed by atoms with Gasteiger partial charge in [-0.25, -0.2) is 0 Å². The second kappa shape index (κ2) is 13.5. The van der Waals surface area contributed by atoms with Crippen molar-refractivity contribution in [3.05, 3.63) is 211 Å². The van der Waals surface area contributed by atoms with Crippen LogP contribution >= 0.6 is 0 Å². The normalized spacial score (nSPS) is 12.8. The number of hydrogen-bond acceptors (Lipinski definition) is 2. The van der Waals surface area contributed by atoms with E-state index in [0.29, 0.717) is 0 Å². The Hall–Kier alpha value is -6.64. The van der Waals surface area contributed by atoms with Crippen LogP contribution in [0.5, 0.6) is 0 Å². The Morgan fingerprint density at radius 3 is 1.26 bits per heavy atom. The summed E-state index contributed by atoms with van der Waals surface area (Å²) in [6, 6.07) is 72.2. The van der Waals surface area contributed by atoms with Gasteiger partial charge >= 0.3 is 0 Å². The molecule has 1 heterocycles. The molecule has 0 atom stereocenters. The molecule has 1 aliphatic rings. The van der Waals surface area contributed by atoms with Crippen LogP contribution in [0.2, 0.25) is 0 Å². The molecule has 0 aromatic heterocycles. The van der Waals surface area contributed by atoms with Crippen LogP contribution in [0.1, 0.15) is 25.0 Å². The molecule has 1 N–H and O–H groups in total. The SMILES string of the molecule is CC1(C)c2ccc(-c3ccc(Nc4ccc(-c5ccccc5)cc4)cc3)cc2N(c2ccc(-c3ccccc3)cc2)c2ccc(-c3ccccc3)cc21. The van der Waals surface area contributed by atoms with Gasteiger partial charge in [-0.05, 0) is 110 Å². The van der Waals surface area contributed by atoms with Crippen molar-refractivity contribution in [3.8, 4) is 44.5 Å². The van der Waals surface area contributed by atoms with Crippen LogP contribution < -0.4 is 10.2 Å². The molecule has 8 aromatic carbocycles. The Morgan fingerprint density at radius 2 is 0.736 bits per heavy atom. The van der Waals surface area contributed by atoms with E-state index in [9.17, 15) is 0 Å². The predicted molar refractivity (Wildman–Crippen MR) is 225 cm³/mol. The highest BCUT2D eigenvalue weighted by Crippen LogP contribution is 2.53. The Bertz CT molecular complexity index is 2500. The van der Waals surface area contributed by atoms with Crippen molar-refractivity contribution in [1.82, 2.24) is 0 Å². The maximum Gasteiger partial charge on any atom is 0.0508 e. The first kappa shape index (κ1) is 32.3. The summed E-state index contributed by atoms with van der Waals surface area (Å²) < 4.78 is 0. The molecule has 0 unspecified atom stereocenters. The summed E-state index contributed by atoms with van der Waals surface area (Å²) >= 11 is 0. The number of nitrogens with zero attached hydrogens (tertiary/aromatic N) is 1. The van der Waals surface area contributed by atoms with Crippen LogP contribution in [-0.2, 0) is 5.41 Å². The largest absolute Gasteiger partial charge is 0.356 e. The summed E-state index contributed by atoms with van der Waals surface area (Å²) in [5, 5.41) is 3.59. The summed E-state index contributed by atoms with van der Waals surface area (Å²) in [5.74, 6) is 0. The zero-order chi connectivity index (χ0) is 35.8. The van der Waals surface area contributed by atoms with E-state index in [1.165, 1.54) is 67.0 Å². The van der Waals surface area contributed by atoms with Crippen LogP contribution in [-0.4, -0.2) is 0 Å². The molecule has 0 bridgehead atoms. The van der Waals surface area contributed by atoms with Crippen LogP contribution in [0.4, 0.5) is 28.4 Å². The fourth-order valence-corrected chi connectivity index (χ4v) is 7.74. The summed E-state index contributed by atoms with van der Waals surface area (Å²) in [5.41, 5.74) is 17.8. The Morgan fingerprint density at radius 1 is 0.340 bits per heavy atom. The lowest BCUT2D eigenvalue weighted by Crippen LogP contribution is -2.30. The van der Waals surface area contributed by atoms with Gasteiger partial charge in [-0.15, -0.1) is 0 Å². The van der Waals surface area contributed by atoms with Gasteiger partial charge in [0.25, 0.3) is 0 Å². The number of rotatable bonds is 7. The summed E-state index contributed by atoms with van der Waals surface area (Å²) in [6.07, 6.45) is 0. The van der Waals surface area contributed by atoms with E-state index in [2.05, 4.69) is 224 Å². The number of nitrogens with one attached hydrogen (secondary N) is 1. The van der Waals surface area contributed by atoms with Gasteiger partial charge in [0, 0.05) is 22.5 Å². The second-order valence-corrected chi connectivity index (χ2v) is 14.3. The molecule has 0 saturated heterocycles. The lowest BCUT2D eigenvalue weighted by atomic mass is 9.72. The third-order valence-electron chi connectivity index (χ3n) is 10.7. The van der Waals surface area contributed by atoms with E-state index in [1.54, 1.807) is 0 Å². The van der Waals surface area contributed by atoms with Gasteiger partial charge in [0.1, 0.15) is 0 Å². The summed E-state index contributed by atoms with van der Waals surface area (Å²) in [7, 11) is 0. The van der Waals surface area contributed by atoms with E-state index in [1.807, 2.05) is 0 Å². The van der Waals surface area contributed by atoms with Crippen LogP contribution in [0.25, 0.3) is 44.5 Å². The molecular weight excluding hydrogens is 641 g/mol. The molecule has 1 aliphatic heterocycles. The van der Waals surface area contributed by atoms with Gasteiger partial charge in [0.2, 0.25) is 0 Å². The van der Waals surface area contributed by atoms with E-state index < -0.39 is 0 Å². The zero-order valence-electron chi connectivity index (χ0n) is 30.0. The molecule has 0 saturated carbocycles.